The van der Waals surface area contributed by atoms with Gasteiger partial charge in [0.05, 0.1) is 5.56 Å². The molecule has 0 aromatic carbocycles. The molecule has 1 rings (SSSR count). The summed E-state index contributed by atoms with van der Waals surface area (Å²) in [5.41, 5.74) is 0.545. The van der Waals surface area contributed by atoms with Crippen LogP contribution in [0.5, 0.6) is 0 Å². The second kappa shape index (κ2) is 5.72. The van der Waals surface area contributed by atoms with E-state index >= 15 is 0 Å². The van der Waals surface area contributed by atoms with E-state index in [0.717, 1.165) is 6.42 Å². The van der Waals surface area contributed by atoms with Gasteiger partial charge in [-0.2, -0.15) is 0 Å². The highest BCUT2D eigenvalue weighted by Gasteiger charge is 2.32. The fraction of sp³-hybridized carbons (Fsp3) is 0.625. The molecule has 106 valence electrons. The monoisotopic (exact) mass is 263 g/mol. The number of carbonyl (C=O) groups excluding carboxylic acids is 1. The van der Waals surface area contributed by atoms with Gasteiger partial charge in [0.15, 0.2) is 0 Å². The molecule has 19 heavy (non-hydrogen) atoms. The Kier molecular flexibility index (Phi) is 4.72. The normalized spacial score (nSPS) is 14.0. The molecule has 0 saturated heterocycles. The van der Waals surface area contributed by atoms with E-state index in [2.05, 4.69) is 46.5 Å². The zero-order valence-electron chi connectivity index (χ0n) is 12.9. The van der Waals surface area contributed by atoms with E-state index in [9.17, 15) is 4.79 Å². The van der Waals surface area contributed by atoms with Crippen LogP contribution in [0, 0.1) is 10.8 Å². The maximum absolute atomic E-state index is 12.1. The molecule has 3 heteroatoms. The number of pyridine rings is 1. The van der Waals surface area contributed by atoms with Crippen molar-refractivity contribution >= 4 is 5.97 Å². The van der Waals surface area contributed by atoms with Crippen LogP contribution in [0.25, 0.3) is 0 Å². The summed E-state index contributed by atoms with van der Waals surface area (Å²) in [6.45, 7) is 12.8. The van der Waals surface area contributed by atoms with Crippen LogP contribution >= 0.6 is 0 Å². The van der Waals surface area contributed by atoms with Crippen molar-refractivity contribution in [3.05, 3.63) is 30.1 Å². The molecule has 1 aromatic heterocycles. The largest absolute Gasteiger partial charge is 0.458 e. The van der Waals surface area contributed by atoms with E-state index in [1.807, 2.05) is 0 Å². The predicted octanol–water partition coefficient (Wildman–Crippen LogP) is 4.09. The van der Waals surface area contributed by atoms with Crippen molar-refractivity contribution in [3.8, 4) is 0 Å². The van der Waals surface area contributed by atoms with Crippen molar-refractivity contribution in [1.82, 2.24) is 4.98 Å². The van der Waals surface area contributed by atoms with Gasteiger partial charge in [0.2, 0.25) is 0 Å². The van der Waals surface area contributed by atoms with Crippen LogP contribution in [0.15, 0.2) is 24.5 Å². The number of nitrogens with zero attached hydrogens (tertiary/aromatic N) is 1. The van der Waals surface area contributed by atoms with Crippen LogP contribution in [0.3, 0.4) is 0 Å². The maximum Gasteiger partial charge on any atom is 0.339 e. The summed E-state index contributed by atoms with van der Waals surface area (Å²) in [6, 6.07) is 3.47. The minimum atomic E-state index is -0.294. The predicted molar refractivity (Wildman–Crippen MR) is 77.0 cm³/mol. The van der Waals surface area contributed by atoms with Crippen molar-refractivity contribution in [3.63, 3.8) is 0 Å². The third-order valence-corrected chi connectivity index (χ3v) is 2.91. The zero-order valence-corrected chi connectivity index (χ0v) is 12.9. The molecule has 3 nitrogen and oxygen atoms in total. The summed E-state index contributed by atoms with van der Waals surface area (Å²) in [5.74, 6) is -0.294. The average Bonchev–Trinajstić information content (AvgIpc) is 2.26. The number of hydrogen-bond acceptors (Lipinski definition) is 3. The van der Waals surface area contributed by atoms with E-state index < -0.39 is 0 Å². The SMILES string of the molecule is CC(C)(C)CC(OC(=O)c1cccnc1)C(C)(C)C. The Balaban J connectivity index is 2.82. The summed E-state index contributed by atoms with van der Waals surface area (Å²) in [6.07, 6.45) is 3.91. The van der Waals surface area contributed by atoms with E-state index in [1.165, 1.54) is 0 Å². The van der Waals surface area contributed by atoms with Crippen LogP contribution in [-0.2, 0) is 4.74 Å². The van der Waals surface area contributed by atoms with Crippen LogP contribution in [-0.4, -0.2) is 17.1 Å². The molecule has 0 radical (unpaired) electrons. The number of aromatic nitrogens is 1. The summed E-state index contributed by atoms with van der Waals surface area (Å²) >= 11 is 0. The van der Waals surface area contributed by atoms with Gasteiger partial charge in [0.25, 0.3) is 0 Å². The van der Waals surface area contributed by atoms with Gasteiger partial charge in [0.1, 0.15) is 6.10 Å². The fourth-order valence-corrected chi connectivity index (χ4v) is 1.76. The highest BCUT2D eigenvalue weighted by atomic mass is 16.5. The lowest BCUT2D eigenvalue weighted by Gasteiger charge is -2.34. The molecule has 1 aromatic rings. The second-order valence-electron chi connectivity index (χ2n) is 7.27. The standard InChI is InChI=1S/C16H25NO2/c1-15(2,3)10-13(16(4,5)6)19-14(18)12-8-7-9-17-11-12/h7-9,11,13H,10H2,1-6H3. The lowest BCUT2D eigenvalue weighted by molar-refractivity contribution is -0.0183. The maximum atomic E-state index is 12.1. The van der Waals surface area contributed by atoms with Gasteiger partial charge in [-0.05, 0) is 29.4 Å². The molecular weight excluding hydrogens is 238 g/mol. The molecule has 0 bridgehead atoms. The third kappa shape index (κ3) is 5.41. The molecule has 0 N–H and O–H groups in total. The number of rotatable bonds is 3. The highest BCUT2D eigenvalue weighted by Crippen LogP contribution is 2.33. The fourth-order valence-electron chi connectivity index (χ4n) is 1.76. The van der Waals surface area contributed by atoms with Crippen LogP contribution in [0.4, 0.5) is 0 Å². The number of carbonyl (C=O) groups is 1. The Morgan fingerprint density at radius 1 is 1.26 bits per heavy atom. The van der Waals surface area contributed by atoms with Crippen LogP contribution in [0.2, 0.25) is 0 Å². The van der Waals surface area contributed by atoms with Gasteiger partial charge >= 0.3 is 5.97 Å². The third-order valence-electron chi connectivity index (χ3n) is 2.91. The molecule has 0 aliphatic rings. The molecule has 0 aliphatic carbocycles. The van der Waals surface area contributed by atoms with Gasteiger partial charge in [-0.15, -0.1) is 0 Å². The first kappa shape index (κ1) is 15.7. The molecule has 0 amide bonds. The van der Waals surface area contributed by atoms with Gasteiger partial charge in [0, 0.05) is 12.4 Å². The van der Waals surface area contributed by atoms with Crippen LogP contribution < -0.4 is 0 Å². The lowest BCUT2D eigenvalue weighted by Crippen LogP contribution is -2.35. The van der Waals surface area contributed by atoms with E-state index in [4.69, 9.17) is 4.74 Å². The molecular formula is C16H25NO2. The van der Waals surface area contributed by atoms with Gasteiger partial charge in [-0.3, -0.25) is 4.98 Å². The quantitative estimate of drug-likeness (QED) is 0.771. The second-order valence-corrected chi connectivity index (χ2v) is 7.27. The molecule has 0 saturated carbocycles. The van der Waals surface area contributed by atoms with Crippen LogP contribution in [0.1, 0.15) is 58.3 Å². The van der Waals surface area contributed by atoms with E-state index in [0.29, 0.717) is 5.56 Å². The lowest BCUT2D eigenvalue weighted by atomic mass is 9.78. The van der Waals surface area contributed by atoms with Crippen molar-refractivity contribution in [1.29, 1.82) is 0 Å². The Morgan fingerprint density at radius 2 is 1.89 bits per heavy atom. The first-order valence-electron chi connectivity index (χ1n) is 6.70. The Morgan fingerprint density at radius 3 is 2.32 bits per heavy atom. The molecule has 0 fully saturated rings. The zero-order chi connectivity index (χ0) is 14.7. The highest BCUT2D eigenvalue weighted by molar-refractivity contribution is 5.89. The Hall–Kier alpha value is -1.38. The van der Waals surface area contributed by atoms with Gasteiger partial charge < -0.3 is 4.74 Å². The van der Waals surface area contributed by atoms with E-state index in [-0.39, 0.29) is 22.9 Å². The molecule has 1 unspecified atom stereocenters. The van der Waals surface area contributed by atoms with Crippen molar-refractivity contribution < 1.29 is 9.53 Å². The molecule has 1 heterocycles. The van der Waals surface area contributed by atoms with Crippen molar-refractivity contribution in [2.24, 2.45) is 10.8 Å². The smallest absolute Gasteiger partial charge is 0.339 e. The summed E-state index contributed by atoms with van der Waals surface area (Å²) in [4.78, 5) is 16.1. The minimum Gasteiger partial charge on any atom is -0.458 e. The molecule has 1 atom stereocenters. The Labute approximate surface area is 116 Å². The first-order chi connectivity index (χ1) is 8.59. The van der Waals surface area contributed by atoms with Crippen molar-refractivity contribution in [2.45, 2.75) is 54.1 Å². The first-order valence-corrected chi connectivity index (χ1v) is 6.70. The summed E-state index contributed by atoms with van der Waals surface area (Å²) in [5, 5.41) is 0. The summed E-state index contributed by atoms with van der Waals surface area (Å²) in [7, 11) is 0. The van der Waals surface area contributed by atoms with Crippen molar-refractivity contribution in [2.75, 3.05) is 0 Å². The van der Waals surface area contributed by atoms with E-state index in [1.54, 1.807) is 24.5 Å². The van der Waals surface area contributed by atoms with Gasteiger partial charge in [-0.25, -0.2) is 4.79 Å². The average molecular weight is 263 g/mol. The molecule has 0 aliphatic heterocycles. The summed E-state index contributed by atoms with van der Waals surface area (Å²) < 4.78 is 5.70. The number of hydrogen-bond donors (Lipinski definition) is 0. The minimum absolute atomic E-state index is 0.0782. The topological polar surface area (TPSA) is 39.2 Å². The number of ether oxygens (including phenoxy) is 1. The van der Waals surface area contributed by atoms with Gasteiger partial charge in [-0.1, -0.05) is 41.5 Å². The molecule has 0 spiro atoms. The number of esters is 1. The Bertz CT molecular complexity index is 413.